The Hall–Kier alpha value is -2.57. The molecule has 31 heavy (non-hydrogen) atoms. The fourth-order valence-corrected chi connectivity index (χ4v) is 5.28. The third-order valence-electron chi connectivity index (χ3n) is 6.44. The largest absolute Gasteiger partial charge is 0.490 e. The SMILES string of the molecule is OCCN1CC=C(Cl)C(C2CCC(Oc3ccccc3)CC2)=c2[nH]c3c(c21)CN=NC=3. The second kappa shape index (κ2) is 8.89. The summed E-state index contributed by atoms with van der Waals surface area (Å²) in [7, 11) is 0. The van der Waals surface area contributed by atoms with Crippen molar-refractivity contribution in [2.75, 3.05) is 24.6 Å². The molecule has 0 atom stereocenters. The van der Waals surface area contributed by atoms with Crippen molar-refractivity contribution in [1.29, 1.82) is 0 Å². The normalized spacial score (nSPS) is 22.8. The molecule has 0 spiro atoms. The number of hydrogen-bond donors (Lipinski definition) is 2. The van der Waals surface area contributed by atoms with Gasteiger partial charge in [0.25, 0.3) is 0 Å². The number of azo groups is 1. The number of allylic oxidation sites excluding steroid dienone is 1. The number of nitrogens with zero attached hydrogens (tertiary/aromatic N) is 3. The van der Waals surface area contributed by atoms with E-state index in [0.717, 1.165) is 58.4 Å². The van der Waals surface area contributed by atoms with Gasteiger partial charge in [-0.05, 0) is 55.4 Å². The Balaban J connectivity index is 1.47. The van der Waals surface area contributed by atoms with Crippen LogP contribution in [0.4, 0.5) is 5.69 Å². The van der Waals surface area contributed by atoms with Crippen LogP contribution in [0.1, 0.15) is 31.2 Å². The van der Waals surface area contributed by atoms with Crippen molar-refractivity contribution in [2.45, 2.75) is 38.3 Å². The van der Waals surface area contributed by atoms with E-state index in [0.29, 0.717) is 25.6 Å². The Morgan fingerprint density at radius 1 is 1.16 bits per heavy atom. The van der Waals surface area contributed by atoms with Gasteiger partial charge in [-0.15, -0.1) is 0 Å². The topological polar surface area (TPSA) is 73.2 Å². The van der Waals surface area contributed by atoms with E-state index in [1.165, 1.54) is 5.57 Å². The predicted octanol–water partition coefficient (Wildman–Crippen LogP) is 3.44. The first-order valence-corrected chi connectivity index (χ1v) is 11.4. The number of aliphatic hydroxyl groups is 1. The van der Waals surface area contributed by atoms with Crippen molar-refractivity contribution in [3.8, 4) is 5.75 Å². The van der Waals surface area contributed by atoms with Gasteiger partial charge >= 0.3 is 0 Å². The lowest BCUT2D eigenvalue weighted by atomic mass is 9.81. The fraction of sp³-hybridized carbons (Fsp3) is 0.417. The number of fused-ring (bicyclic) bond motifs is 3. The maximum absolute atomic E-state index is 9.63. The number of aromatic amines is 1. The van der Waals surface area contributed by atoms with Crippen LogP contribution in [0.2, 0.25) is 0 Å². The van der Waals surface area contributed by atoms with Gasteiger partial charge in [0, 0.05) is 23.7 Å². The van der Waals surface area contributed by atoms with Gasteiger partial charge in [0.2, 0.25) is 0 Å². The van der Waals surface area contributed by atoms with E-state index in [1.807, 2.05) is 30.3 Å². The van der Waals surface area contributed by atoms with Crippen molar-refractivity contribution in [1.82, 2.24) is 4.98 Å². The van der Waals surface area contributed by atoms with Crippen LogP contribution in [0.25, 0.3) is 11.8 Å². The molecule has 1 aromatic carbocycles. The molecule has 0 radical (unpaired) electrons. The third kappa shape index (κ3) is 4.02. The second-order valence-corrected chi connectivity index (χ2v) is 8.73. The molecule has 3 aliphatic rings. The summed E-state index contributed by atoms with van der Waals surface area (Å²) in [5, 5.41) is 20.8. The highest BCUT2D eigenvalue weighted by atomic mass is 35.5. The Morgan fingerprint density at radius 3 is 2.74 bits per heavy atom. The van der Waals surface area contributed by atoms with E-state index in [4.69, 9.17) is 16.3 Å². The van der Waals surface area contributed by atoms with E-state index in [9.17, 15) is 5.11 Å². The smallest absolute Gasteiger partial charge is 0.119 e. The van der Waals surface area contributed by atoms with E-state index < -0.39 is 0 Å². The van der Waals surface area contributed by atoms with Crippen LogP contribution in [0, 0.1) is 5.92 Å². The van der Waals surface area contributed by atoms with Gasteiger partial charge in [0.05, 0.1) is 41.8 Å². The van der Waals surface area contributed by atoms with Gasteiger partial charge in [-0.2, -0.15) is 10.2 Å². The lowest BCUT2D eigenvalue weighted by Crippen LogP contribution is -2.32. The molecule has 1 fully saturated rings. The highest BCUT2D eigenvalue weighted by Gasteiger charge is 2.30. The number of nitrogens with one attached hydrogen (secondary N) is 1. The van der Waals surface area contributed by atoms with Crippen LogP contribution >= 0.6 is 11.6 Å². The molecular weight excluding hydrogens is 412 g/mol. The molecule has 3 heterocycles. The molecule has 5 rings (SSSR count). The van der Waals surface area contributed by atoms with E-state index in [2.05, 4.69) is 26.2 Å². The number of rotatable bonds is 5. The first-order valence-electron chi connectivity index (χ1n) is 11.0. The monoisotopic (exact) mass is 438 g/mol. The zero-order valence-corrected chi connectivity index (χ0v) is 18.2. The number of halogens is 1. The van der Waals surface area contributed by atoms with Crippen LogP contribution in [0.15, 0.2) is 51.7 Å². The van der Waals surface area contributed by atoms with E-state index in [1.54, 1.807) is 6.20 Å². The van der Waals surface area contributed by atoms with Crippen molar-refractivity contribution < 1.29 is 9.84 Å². The quantitative estimate of drug-likeness (QED) is 0.751. The third-order valence-corrected chi connectivity index (χ3v) is 6.79. The molecule has 0 unspecified atom stereocenters. The number of H-pyrrole nitrogens is 1. The number of ether oxygens (including phenoxy) is 1. The number of anilines is 1. The maximum Gasteiger partial charge on any atom is 0.119 e. The van der Waals surface area contributed by atoms with Crippen LogP contribution in [0.5, 0.6) is 5.75 Å². The Morgan fingerprint density at radius 2 is 1.97 bits per heavy atom. The average molecular weight is 439 g/mol. The molecule has 0 amide bonds. The molecule has 0 saturated heterocycles. The number of aromatic nitrogens is 1. The molecule has 0 bridgehead atoms. The minimum atomic E-state index is 0.0906. The Labute approximate surface area is 186 Å². The van der Waals surface area contributed by atoms with Gasteiger partial charge in [0.1, 0.15) is 5.75 Å². The molecule has 1 saturated carbocycles. The molecule has 162 valence electrons. The van der Waals surface area contributed by atoms with Gasteiger partial charge in [0.15, 0.2) is 0 Å². The second-order valence-electron chi connectivity index (χ2n) is 8.32. The molecule has 1 aromatic heterocycles. The van der Waals surface area contributed by atoms with Gasteiger partial charge in [-0.25, -0.2) is 0 Å². The van der Waals surface area contributed by atoms with Crippen molar-refractivity contribution in [3.05, 3.63) is 57.7 Å². The fourth-order valence-electron chi connectivity index (χ4n) is 4.97. The lowest BCUT2D eigenvalue weighted by molar-refractivity contribution is 0.143. The average Bonchev–Trinajstić information content (AvgIpc) is 3.11. The van der Waals surface area contributed by atoms with Crippen LogP contribution in [-0.4, -0.2) is 35.9 Å². The summed E-state index contributed by atoms with van der Waals surface area (Å²) in [6, 6.07) is 10.1. The summed E-state index contributed by atoms with van der Waals surface area (Å²) in [5.74, 6) is 1.30. The minimum Gasteiger partial charge on any atom is -0.490 e. The summed E-state index contributed by atoms with van der Waals surface area (Å²) in [4.78, 5) is 5.78. The van der Waals surface area contributed by atoms with Gasteiger partial charge in [-0.1, -0.05) is 29.8 Å². The summed E-state index contributed by atoms with van der Waals surface area (Å²) in [6.07, 6.45) is 8.15. The first kappa shape index (κ1) is 20.3. The predicted molar refractivity (Wildman–Crippen MR) is 123 cm³/mol. The molecule has 2 aromatic rings. The van der Waals surface area contributed by atoms with Gasteiger partial charge < -0.3 is 19.7 Å². The lowest BCUT2D eigenvalue weighted by Gasteiger charge is -2.30. The summed E-state index contributed by atoms with van der Waals surface area (Å²) < 4.78 is 6.20. The Bertz CT molecular complexity index is 1110. The Kier molecular flexibility index (Phi) is 5.83. The standard InChI is InChI=1S/C24H27ClN4O2/c25-20-10-11-29(12-13-30)24-19-14-26-27-15-21(19)28-23(24)22(20)16-6-8-18(9-7-16)31-17-4-2-1-3-5-17/h1-5,10,15-16,18,28,30H,6-9,11-14H2. The first-order chi connectivity index (χ1) is 15.2. The van der Waals surface area contributed by atoms with Crippen molar-refractivity contribution >= 4 is 29.1 Å². The zero-order valence-electron chi connectivity index (χ0n) is 17.4. The molecule has 2 N–H and O–H groups in total. The minimum absolute atomic E-state index is 0.0906. The van der Waals surface area contributed by atoms with Crippen molar-refractivity contribution in [3.63, 3.8) is 0 Å². The highest BCUT2D eigenvalue weighted by molar-refractivity contribution is 6.36. The number of β-amino-alcohol motifs (C(OH)–C–C–N with tert-alkyl or cyclic N) is 1. The number of hydrogen-bond acceptors (Lipinski definition) is 5. The maximum atomic E-state index is 9.63. The molecule has 2 aliphatic heterocycles. The van der Waals surface area contributed by atoms with E-state index >= 15 is 0 Å². The zero-order chi connectivity index (χ0) is 21.2. The van der Waals surface area contributed by atoms with Crippen LogP contribution in [-0.2, 0) is 6.54 Å². The van der Waals surface area contributed by atoms with Crippen molar-refractivity contribution in [2.24, 2.45) is 16.1 Å². The van der Waals surface area contributed by atoms with Gasteiger partial charge in [-0.3, -0.25) is 0 Å². The number of aliphatic hydroxyl groups excluding tert-OH is 1. The number of para-hydroxylation sites is 1. The summed E-state index contributed by atoms with van der Waals surface area (Å²) in [5.41, 5.74) is 3.43. The summed E-state index contributed by atoms with van der Waals surface area (Å²) in [6.45, 7) is 1.86. The van der Waals surface area contributed by atoms with Crippen LogP contribution < -0.4 is 20.3 Å². The number of benzene rings is 1. The molecule has 6 nitrogen and oxygen atoms in total. The summed E-state index contributed by atoms with van der Waals surface area (Å²) >= 11 is 6.87. The van der Waals surface area contributed by atoms with E-state index in [-0.39, 0.29) is 12.7 Å². The highest BCUT2D eigenvalue weighted by Crippen LogP contribution is 2.38. The molecule has 1 aliphatic carbocycles. The van der Waals surface area contributed by atoms with Crippen LogP contribution in [0.3, 0.4) is 0 Å². The molecule has 7 heteroatoms. The molecular formula is C24H27ClN4O2.